The maximum Gasteiger partial charge on any atom is 0.151 e. The molecule has 1 unspecified atom stereocenters. The second-order valence-electron chi connectivity index (χ2n) is 1.05. The number of hydrogen-bond donors (Lipinski definition) is 1. The van der Waals surface area contributed by atoms with Gasteiger partial charge < -0.3 is 9.84 Å². The molecule has 7 heavy (non-hydrogen) atoms. The van der Waals surface area contributed by atoms with Crippen molar-refractivity contribution in [2.45, 2.75) is 20.1 Å². The van der Waals surface area contributed by atoms with E-state index in [0.717, 1.165) is 0 Å². The first-order valence-corrected chi connectivity index (χ1v) is 2.07. The van der Waals surface area contributed by atoms with E-state index in [0.29, 0.717) is 6.61 Å². The number of aliphatic hydroxyl groups is 1. The fourth-order valence-corrected chi connectivity index (χ4v) is 0.241. The monoisotopic (exact) mass is 145 g/mol. The van der Waals surface area contributed by atoms with Crippen LogP contribution in [0.2, 0.25) is 0 Å². The minimum atomic E-state index is -0.602. The Bertz CT molecular complexity index is 30.9. The second-order valence-corrected chi connectivity index (χ2v) is 1.05. The van der Waals surface area contributed by atoms with Gasteiger partial charge in [-0.3, -0.25) is 0 Å². The maximum atomic E-state index is 8.33. The van der Waals surface area contributed by atoms with Crippen molar-refractivity contribution in [1.29, 1.82) is 0 Å². The van der Waals surface area contributed by atoms with Gasteiger partial charge in [0.1, 0.15) is 0 Å². The number of hydrogen-bond acceptors (Lipinski definition) is 2. The zero-order valence-electron chi connectivity index (χ0n) is 4.52. The third kappa shape index (κ3) is 10.7. The molecule has 45 valence electrons. The predicted molar refractivity (Wildman–Crippen MR) is 23.3 cm³/mol. The fourth-order valence-electron chi connectivity index (χ4n) is 0.241. The number of rotatable bonds is 2. The Morgan fingerprint density at radius 3 is 2.14 bits per heavy atom. The van der Waals surface area contributed by atoms with E-state index in [1.165, 1.54) is 0 Å². The fraction of sp³-hybridized carbons (Fsp3) is 1.00. The van der Waals surface area contributed by atoms with Gasteiger partial charge in [0.05, 0.1) is 0 Å². The Hall–Kier alpha value is 0.439. The average Bonchev–Trinajstić information content (AvgIpc) is 1.35. The zero-order chi connectivity index (χ0) is 4.99. The van der Waals surface area contributed by atoms with Crippen LogP contribution in [-0.2, 0) is 21.8 Å². The first-order valence-electron chi connectivity index (χ1n) is 2.07. The van der Waals surface area contributed by atoms with Crippen LogP contribution in [0.3, 0.4) is 0 Å². The molecule has 0 aliphatic carbocycles. The maximum absolute atomic E-state index is 8.33. The summed E-state index contributed by atoms with van der Waals surface area (Å²) in [6.45, 7) is 4.01. The number of aliphatic hydroxyl groups excluding tert-OH is 1. The Morgan fingerprint density at radius 1 is 1.71 bits per heavy atom. The van der Waals surface area contributed by atoms with Crippen molar-refractivity contribution in [2.75, 3.05) is 6.61 Å². The Morgan fingerprint density at radius 2 is 2.14 bits per heavy atom. The average molecular weight is 145 g/mol. The van der Waals surface area contributed by atoms with E-state index in [9.17, 15) is 0 Å². The molecule has 0 fully saturated rings. The van der Waals surface area contributed by atoms with Crippen LogP contribution in [0.4, 0.5) is 0 Å². The van der Waals surface area contributed by atoms with Crippen LogP contribution in [-0.4, -0.2) is 18.0 Å². The molecule has 2 nitrogen and oxygen atoms in total. The molecule has 0 aliphatic heterocycles. The topological polar surface area (TPSA) is 29.5 Å². The van der Waals surface area contributed by atoms with E-state index in [1.54, 1.807) is 6.92 Å². The second kappa shape index (κ2) is 6.44. The van der Waals surface area contributed by atoms with E-state index in [2.05, 4.69) is 4.74 Å². The molecular formula is C4H10MnO2. The summed E-state index contributed by atoms with van der Waals surface area (Å²) in [7, 11) is 0. The van der Waals surface area contributed by atoms with Crippen LogP contribution < -0.4 is 0 Å². The molecule has 3 heteroatoms. The van der Waals surface area contributed by atoms with Crippen molar-refractivity contribution in [1.82, 2.24) is 0 Å². The molecule has 0 rings (SSSR count). The predicted octanol–water partition coefficient (Wildman–Crippen LogP) is 0.359. The summed E-state index contributed by atoms with van der Waals surface area (Å²) in [6, 6.07) is 0. The molecule has 0 bridgehead atoms. The van der Waals surface area contributed by atoms with Gasteiger partial charge in [-0.05, 0) is 13.8 Å². The van der Waals surface area contributed by atoms with Gasteiger partial charge in [0.2, 0.25) is 0 Å². The Labute approximate surface area is 54.3 Å². The summed E-state index contributed by atoms with van der Waals surface area (Å²) < 4.78 is 4.60. The summed E-state index contributed by atoms with van der Waals surface area (Å²) in [4.78, 5) is 0. The summed E-state index contributed by atoms with van der Waals surface area (Å²) >= 11 is 0. The van der Waals surface area contributed by atoms with Crippen molar-refractivity contribution in [3.8, 4) is 0 Å². The van der Waals surface area contributed by atoms with Crippen molar-refractivity contribution in [3.63, 3.8) is 0 Å². The van der Waals surface area contributed by atoms with Crippen LogP contribution in [0, 0.1) is 0 Å². The van der Waals surface area contributed by atoms with Gasteiger partial charge in [-0.25, -0.2) is 0 Å². The third-order valence-electron chi connectivity index (χ3n) is 0.408. The third-order valence-corrected chi connectivity index (χ3v) is 0.408. The molecule has 0 aromatic rings. The normalized spacial score (nSPS) is 12.4. The van der Waals surface area contributed by atoms with E-state index in [-0.39, 0.29) is 17.1 Å². The van der Waals surface area contributed by atoms with Gasteiger partial charge in [-0.15, -0.1) is 0 Å². The Balaban J connectivity index is 0. The molecule has 1 N–H and O–H groups in total. The minimum Gasteiger partial charge on any atom is -0.368 e. The molecule has 0 amide bonds. The van der Waals surface area contributed by atoms with Crippen molar-refractivity contribution in [2.24, 2.45) is 0 Å². The van der Waals surface area contributed by atoms with Crippen LogP contribution in [0.5, 0.6) is 0 Å². The van der Waals surface area contributed by atoms with Gasteiger partial charge in [-0.2, -0.15) is 0 Å². The summed E-state index contributed by atoms with van der Waals surface area (Å²) in [6.07, 6.45) is -0.602. The van der Waals surface area contributed by atoms with Crippen LogP contribution >= 0.6 is 0 Å². The van der Waals surface area contributed by atoms with Crippen molar-refractivity contribution < 1.29 is 26.9 Å². The molecule has 1 atom stereocenters. The van der Waals surface area contributed by atoms with E-state index >= 15 is 0 Å². The van der Waals surface area contributed by atoms with Crippen LogP contribution in [0.1, 0.15) is 13.8 Å². The largest absolute Gasteiger partial charge is 0.368 e. The first-order chi connectivity index (χ1) is 2.77. The number of ether oxygens (including phenoxy) is 1. The van der Waals surface area contributed by atoms with Crippen LogP contribution in [0.25, 0.3) is 0 Å². The van der Waals surface area contributed by atoms with E-state index in [4.69, 9.17) is 5.11 Å². The standard InChI is InChI=1S/C4H10O2.Mn/c1-3-6-4(2)5;/h4-5H,3H2,1-2H3;. The smallest absolute Gasteiger partial charge is 0.151 e. The first kappa shape index (κ1) is 10.4. The summed E-state index contributed by atoms with van der Waals surface area (Å²) in [5.41, 5.74) is 0. The van der Waals surface area contributed by atoms with E-state index < -0.39 is 6.29 Å². The zero-order valence-corrected chi connectivity index (χ0v) is 5.70. The van der Waals surface area contributed by atoms with Gasteiger partial charge in [0, 0.05) is 23.7 Å². The molecular weight excluding hydrogens is 135 g/mol. The summed E-state index contributed by atoms with van der Waals surface area (Å²) in [5, 5.41) is 8.33. The summed E-state index contributed by atoms with van der Waals surface area (Å²) in [5.74, 6) is 0. The molecule has 0 spiro atoms. The molecule has 0 aromatic heterocycles. The SMILES string of the molecule is CCOC(C)O.[Mn]. The molecule has 0 aromatic carbocycles. The van der Waals surface area contributed by atoms with Gasteiger partial charge in [0.15, 0.2) is 6.29 Å². The Kier molecular flexibility index (Phi) is 9.59. The molecule has 0 saturated carbocycles. The quantitative estimate of drug-likeness (QED) is 0.449. The molecule has 0 aliphatic rings. The molecule has 1 radical (unpaired) electrons. The van der Waals surface area contributed by atoms with Gasteiger partial charge in [-0.1, -0.05) is 0 Å². The minimum absolute atomic E-state index is 0. The molecule has 0 saturated heterocycles. The van der Waals surface area contributed by atoms with Gasteiger partial charge in [0.25, 0.3) is 0 Å². The van der Waals surface area contributed by atoms with E-state index in [1.807, 2.05) is 6.92 Å². The van der Waals surface area contributed by atoms with Gasteiger partial charge >= 0.3 is 0 Å². The van der Waals surface area contributed by atoms with Crippen molar-refractivity contribution in [3.05, 3.63) is 0 Å². The van der Waals surface area contributed by atoms with Crippen molar-refractivity contribution >= 4 is 0 Å². The molecule has 0 heterocycles. The van der Waals surface area contributed by atoms with Crippen LogP contribution in [0.15, 0.2) is 0 Å².